The van der Waals surface area contributed by atoms with Gasteiger partial charge in [-0.25, -0.2) is 0 Å². The van der Waals surface area contributed by atoms with Gasteiger partial charge in [0.25, 0.3) is 0 Å². The lowest BCUT2D eigenvalue weighted by Crippen LogP contribution is -2.43. The molecular weight excluding hydrogens is 323 g/mol. The second kappa shape index (κ2) is 11.2. The molecule has 0 saturated heterocycles. The fourth-order valence-corrected chi connectivity index (χ4v) is 1.39. The van der Waals surface area contributed by atoms with Crippen LogP contribution < -0.4 is 5.32 Å². The molecule has 136 valence electrons. The third kappa shape index (κ3) is 14.6. The SMILES string of the molecule is CCCCCCCCNC(C)(C)CO.O=S(=O)(O)C(F)(F)F. The average molecular weight is 351 g/mol. The van der Waals surface area contributed by atoms with Gasteiger partial charge >= 0.3 is 15.6 Å². The third-order valence-electron chi connectivity index (χ3n) is 2.82. The molecule has 0 unspecified atom stereocenters. The number of hydrogen-bond acceptors (Lipinski definition) is 4. The van der Waals surface area contributed by atoms with Crippen molar-refractivity contribution in [2.24, 2.45) is 0 Å². The first kappa shape index (κ1) is 23.9. The van der Waals surface area contributed by atoms with Gasteiger partial charge < -0.3 is 10.4 Å². The number of rotatable bonds is 9. The van der Waals surface area contributed by atoms with Crippen LogP contribution in [0, 0.1) is 0 Å². The highest BCUT2D eigenvalue weighted by molar-refractivity contribution is 7.86. The molecule has 3 N–H and O–H groups in total. The fourth-order valence-electron chi connectivity index (χ4n) is 1.39. The molecule has 0 bridgehead atoms. The molecule has 0 aliphatic heterocycles. The Morgan fingerprint density at radius 3 is 1.77 bits per heavy atom. The molecule has 0 aromatic carbocycles. The summed E-state index contributed by atoms with van der Waals surface area (Å²) in [5.74, 6) is 0. The summed E-state index contributed by atoms with van der Waals surface area (Å²) in [6.45, 7) is 7.54. The van der Waals surface area contributed by atoms with Gasteiger partial charge in [-0.3, -0.25) is 4.55 Å². The zero-order valence-corrected chi connectivity index (χ0v) is 14.2. The monoisotopic (exact) mass is 351 g/mol. The smallest absolute Gasteiger partial charge is 0.394 e. The highest BCUT2D eigenvalue weighted by atomic mass is 32.2. The van der Waals surface area contributed by atoms with Crippen molar-refractivity contribution < 1.29 is 31.2 Å². The van der Waals surface area contributed by atoms with E-state index in [2.05, 4.69) is 12.2 Å². The first-order valence-electron chi connectivity index (χ1n) is 7.27. The van der Waals surface area contributed by atoms with Crippen LogP contribution in [0.4, 0.5) is 13.2 Å². The minimum Gasteiger partial charge on any atom is -0.394 e. The lowest BCUT2D eigenvalue weighted by atomic mass is 10.1. The number of alkyl halides is 3. The van der Waals surface area contributed by atoms with E-state index in [4.69, 9.17) is 18.1 Å². The minimum atomic E-state index is -5.84. The van der Waals surface area contributed by atoms with Crippen molar-refractivity contribution in [3.05, 3.63) is 0 Å². The van der Waals surface area contributed by atoms with Crippen LogP contribution in [-0.2, 0) is 10.1 Å². The lowest BCUT2D eigenvalue weighted by Gasteiger charge is -2.23. The van der Waals surface area contributed by atoms with Crippen molar-refractivity contribution in [1.29, 1.82) is 0 Å². The number of unbranched alkanes of at least 4 members (excludes halogenated alkanes) is 5. The molecule has 0 aliphatic rings. The Morgan fingerprint density at radius 1 is 1.00 bits per heavy atom. The predicted molar refractivity (Wildman–Crippen MR) is 80.1 cm³/mol. The molecular formula is C13H28F3NO4S. The normalized spacial score (nSPS) is 12.7. The van der Waals surface area contributed by atoms with E-state index in [1.165, 1.54) is 38.5 Å². The summed E-state index contributed by atoms with van der Waals surface area (Å²) in [6, 6.07) is 0. The van der Waals surface area contributed by atoms with E-state index in [1.807, 2.05) is 13.8 Å². The van der Waals surface area contributed by atoms with Crippen LogP contribution >= 0.6 is 0 Å². The maximum Gasteiger partial charge on any atom is 0.522 e. The molecule has 22 heavy (non-hydrogen) atoms. The van der Waals surface area contributed by atoms with E-state index in [0.717, 1.165) is 6.54 Å². The molecule has 5 nitrogen and oxygen atoms in total. The van der Waals surface area contributed by atoms with E-state index in [1.54, 1.807) is 0 Å². The number of halogens is 3. The van der Waals surface area contributed by atoms with Gasteiger partial charge in [0.2, 0.25) is 0 Å². The molecule has 9 heteroatoms. The summed E-state index contributed by atoms with van der Waals surface area (Å²) >= 11 is 0. The van der Waals surface area contributed by atoms with Crippen LogP contribution in [0.3, 0.4) is 0 Å². The standard InChI is InChI=1S/C12H27NO.CHF3O3S/c1-4-5-6-7-8-9-10-13-12(2,3)11-14;2-1(3,4)8(5,6)7/h13-14H,4-11H2,1-3H3;(H,5,6,7). The predicted octanol–water partition coefficient (Wildman–Crippen LogP) is 3.10. The molecule has 0 aliphatic carbocycles. The van der Waals surface area contributed by atoms with Crippen molar-refractivity contribution in [2.45, 2.75) is 70.3 Å². The van der Waals surface area contributed by atoms with Gasteiger partial charge in [-0.2, -0.15) is 21.6 Å². The van der Waals surface area contributed by atoms with Gasteiger partial charge in [0, 0.05) is 5.54 Å². The second-order valence-electron chi connectivity index (χ2n) is 5.66. The Labute approximate surface area is 131 Å². The molecule has 0 aromatic heterocycles. The van der Waals surface area contributed by atoms with Crippen molar-refractivity contribution in [2.75, 3.05) is 13.2 Å². The number of hydrogen-bond donors (Lipinski definition) is 3. The highest BCUT2D eigenvalue weighted by Gasteiger charge is 2.44. The zero-order valence-electron chi connectivity index (χ0n) is 13.4. The van der Waals surface area contributed by atoms with E-state index in [-0.39, 0.29) is 12.1 Å². The van der Waals surface area contributed by atoms with E-state index in [9.17, 15) is 13.2 Å². The number of aliphatic hydroxyl groups excluding tert-OH is 1. The van der Waals surface area contributed by atoms with Crippen LogP contribution in [0.1, 0.15) is 59.3 Å². The molecule has 0 spiro atoms. The van der Waals surface area contributed by atoms with E-state index >= 15 is 0 Å². The van der Waals surface area contributed by atoms with Crippen LogP contribution in [0.25, 0.3) is 0 Å². The van der Waals surface area contributed by atoms with Crippen molar-refractivity contribution in [1.82, 2.24) is 5.32 Å². The van der Waals surface area contributed by atoms with Crippen molar-refractivity contribution in [3.63, 3.8) is 0 Å². The van der Waals surface area contributed by atoms with E-state index < -0.39 is 15.6 Å². The summed E-state index contributed by atoms with van der Waals surface area (Å²) in [5.41, 5.74) is -5.64. The van der Waals surface area contributed by atoms with Crippen LogP contribution in [-0.4, -0.2) is 42.3 Å². The summed E-state index contributed by atoms with van der Waals surface area (Å²) in [4.78, 5) is 0. The number of nitrogens with one attached hydrogen (secondary N) is 1. The average Bonchev–Trinajstić information content (AvgIpc) is 2.36. The second-order valence-corrected chi connectivity index (χ2v) is 7.07. The molecule has 0 heterocycles. The topological polar surface area (TPSA) is 86.6 Å². The molecule has 0 amide bonds. The third-order valence-corrected chi connectivity index (χ3v) is 3.41. The lowest BCUT2D eigenvalue weighted by molar-refractivity contribution is -0.0510. The first-order chi connectivity index (χ1) is 9.87. The number of aliphatic hydroxyl groups is 1. The highest BCUT2D eigenvalue weighted by Crippen LogP contribution is 2.20. The van der Waals surface area contributed by atoms with Gasteiger partial charge in [-0.1, -0.05) is 39.0 Å². The van der Waals surface area contributed by atoms with Crippen LogP contribution in [0.2, 0.25) is 0 Å². The quantitative estimate of drug-likeness (QED) is 0.338. The minimum absolute atomic E-state index is 0.108. The van der Waals surface area contributed by atoms with Crippen molar-refractivity contribution >= 4 is 10.1 Å². The Balaban J connectivity index is 0. The Bertz CT molecular complexity index is 370. The summed E-state index contributed by atoms with van der Waals surface area (Å²) in [6.07, 6.45) is 7.96. The van der Waals surface area contributed by atoms with Gasteiger partial charge in [0.15, 0.2) is 0 Å². The van der Waals surface area contributed by atoms with Crippen LogP contribution in [0.15, 0.2) is 0 Å². The Morgan fingerprint density at radius 2 is 1.41 bits per heavy atom. The Hall–Kier alpha value is -0.380. The molecule has 0 rings (SSSR count). The summed E-state index contributed by atoms with van der Waals surface area (Å²) < 4.78 is 57.5. The fraction of sp³-hybridized carbons (Fsp3) is 1.00. The molecule has 0 radical (unpaired) electrons. The molecule has 0 atom stereocenters. The zero-order chi connectivity index (χ0) is 17.9. The summed E-state index contributed by atoms with van der Waals surface area (Å²) in [7, 11) is -5.84. The van der Waals surface area contributed by atoms with Gasteiger partial charge in [0.1, 0.15) is 0 Å². The Kier molecular flexibility index (Phi) is 12.2. The molecule has 0 fully saturated rings. The maximum atomic E-state index is 10.7. The first-order valence-corrected chi connectivity index (χ1v) is 8.71. The van der Waals surface area contributed by atoms with Gasteiger partial charge in [-0.05, 0) is 26.8 Å². The summed E-state index contributed by atoms with van der Waals surface area (Å²) in [5, 5.41) is 12.4. The van der Waals surface area contributed by atoms with E-state index in [0.29, 0.717) is 0 Å². The largest absolute Gasteiger partial charge is 0.522 e. The van der Waals surface area contributed by atoms with Gasteiger partial charge in [-0.15, -0.1) is 0 Å². The molecule has 0 aromatic rings. The maximum absolute atomic E-state index is 10.7. The van der Waals surface area contributed by atoms with Crippen molar-refractivity contribution in [3.8, 4) is 0 Å². The molecule has 0 saturated carbocycles. The van der Waals surface area contributed by atoms with Gasteiger partial charge in [0.05, 0.1) is 6.61 Å². The van der Waals surface area contributed by atoms with Crippen LogP contribution in [0.5, 0.6) is 0 Å².